The molecule has 0 spiro atoms. The molecule has 1 aliphatic heterocycles. The molecule has 5 N–H and O–H groups in total. The molecule has 102 valence electrons. The summed E-state index contributed by atoms with van der Waals surface area (Å²) in [5, 5.41) is 6.32. The van der Waals surface area contributed by atoms with E-state index in [0.29, 0.717) is 13.1 Å². The lowest BCUT2D eigenvalue weighted by atomic mass is 10.4. The zero-order valence-corrected chi connectivity index (χ0v) is 10.9. The van der Waals surface area contributed by atoms with E-state index < -0.39 is 26.7 Å². The zero-order valence-electron chi connectivity index (χ0n) is 9.14. The maximum atomic E-state index is 11.0. The molecule has 1 rings (SSSR count). The van der Waals surface area contributed by atoms with Crippen molar-refractivity contribution in [2.24, 2.45) is 0 Å². The van der Waals surface area contributed by atoms with Gasteiger partial charge in [0.2, 0.25) is 0 Å². The highest BCUT2D eigenvalue weighted by Crippen LogP contribution is 2.68. The fraction of sp³-hybridized carbons (Fsp3) is 1.00. The van der Waals surface area contributed by atoms with Gasteiger partial charge in [-0.25, -0.2) is 0 Å². The molecule has 0 amide bonds. The van der Waals surface area contributed by atoms with Crippen LogP contribution in [-0.4, -0.2) is 54.3 Å². The van der Waals surface area contributed by atoms with Crippen LogP contribution < -0.4 is 0 Å². The summed E-state index contributed by atoms with van der Waals surface area (Å²) in [5.74, 6) is 0. The molecule has 0 saturated carbocycles. The molecule has 0 unspecified atom stereocenters. The van der Waals surface area contributed by atoms with Crippen LogP contribution in [0.15, 0.2) is 0 Å². The van der Waals surface area contributed by atoms with Crippen LogP contribution in [0.4, 0.5) is 0 Å². The van der Waals surface area contributed by atoms with Gasteiger partial charge in [-0.15, -0.1) is 0 Å². The summed E-state index contributed by atoms with van der Waals surface area (Å²) in [6, 6.07) is 0. The minimum atomic E-state index is -5.30. The SMILES string of the molecule is O=P(O)(O)C(O)(CCN1CCCC1)P(=O)(O)O. The van der Waals surface area contributed by atoms with Crippen LogP contribution in [0.3, 0.4) is 0 Å². The monoisotopic (exact) mass is 289 g/mol. The molecular weight excluding hydrogens is 272 g/mol. The fourth-order valence-corrected chi connectivity index (χ4v) is 3.92. The lowest BCUT2D eigenvalue weighted by molar-refractivity contribution is 0.112. The number of aliphatic hydroxyl groups is 1. The van der Waals surface area contributed by atoms with Crippen molar-refractivity contribution in [2.75, 3.05) is 19.6 Å². The molecule has 10 heteroatoms. The van der Waals surface area contributed by atoms with Gasteiger partial charge in [-0.05, 0) is 25.9 Å². The van der Waals surface area contributed by atoms with Crippen molar-refractivity contribution in [3.63, 3.8) is 0 Å². The van der Waals surface area contributed by atoms with Crippen molar-refractivity contribution < 1.29 is 33.8 Å². The normalized spacial score (nSPS) is 19.8. The standard InChI is InChI=1S/C7H17NO7P2/c9-7(16(10,11)12,17(13,14)15)3-6-8-4-1-2-5-8/h9H,1-6H2,(H2,10,11,12)(H2,13,14,15). The van der Waals surface area contributed by atoms with Crippen molar-refractivity contribution in [1.29, 1.82) is 0 Å². The van der Waals surface area contributed by atoms with Gasteiger partial charge in [-0.3, -0.25) is 9.13 Å². The summed E-state index contributed by atoms with van der Waals surface area (Å²) in [5.41, 5.74) is 0. The summed E-state index contributed by atoms with van der Waals surface area (Å²) in [4.78, 5) is 37.4. The number of rotatable bonds is 5. The van der Waals surface area contributed by atoms with Gasteiger partial charge in [0.15, 0.2) is 0 Å². The van der Waals surface area contributed by atoms with Crippen molar-refractivity contribution in [1.82, 2.24) is 4.90 Å². The van der Waals surface area contributed by atoms with Gasteiger partial charge in [0.05, 0.1) is 0 Å². The Labute approximate surface area is 98.6 Å². The average molecular weight is 289 g/mol. The maximum Gasteiger partial charge on any atom is 0.369 e. The molecule has 8 nitrogen and oxygen atoms in total. The molecule has 1 heterocycles. The lowest BCUT2D eigenvalue weighted by Gasteiger charge is -2.30. The second-order valence-electron chi connectivity index (χ2n) is 4.16. The first kappa shape index (κ1) is 15.3. The maximum absolute atomic E-state index is 11.0. The Morgan fingerprint density at radius 2 is 1.41 bits per heavy atom. The third kappa shape index (κ3) is 3.36. The van der Waals surface area contributed by atoms with Gasteiger partial charge in [-0.1, -0.05) is 0 Å². The quantitative estimate of drug-likeness (QED) is 0.426. The summed E-state index contributed by atoms with van der Waals surface area (Å²) in [7, 11) is -10.6. The van der Waals surface area contributed by atoms with Crippen LogP contribution in [0, 0.1) is 0 Å². The van der Waals surface area contributed by atoms with Crippen LogP contribution in [0.1, 0.15) is 19.3 Å². The minimum Gasteiger partial charge on any atom is -0.367 e. The van der Waals surface area contributed by atoms with E-state index in [1.807, 2.05) is 0 Å². The van der Waals surface area contributed by atoms with Crippen molar-refractivity contribution in [3.8, 4) is 0 Å². The van der Waals surface area contributed by atoms with E-state index in [4.69, 9.17) is 19.6 Å². The molecule has 0 aromatic heterocycles. The third-order valence-electron chi connectivity index (χ3n) is 2.90. The van der Waals surface area contributed by atoms with E-state index in [-0.39, 0.29) is 6.54 Å². The fourth-order valence-electron chi connectivity index (χ4n) is 1.78. The van der Waals surface area contributed by atoms with Crippen molar-refractivity contribution >= 4 is 15.2 Å². The van der Waals surface area contributed by atoms with Gasteiger partial charge in [0, 0.05) is 13.0 Å². The Kier molecular flexibility index (Phi) is 4.56. The van der Waals surface area contributed by atoms with E-state index in [9.17, 15) is 14.2 Å². The smallest absolute Gasteiger partial charge is 0.367 e. The second kappa shape index (κ2) is 5.07. The first-order valence-corrected chi connectivity index (χ1v) is 8.36. The van der Waals surface area contributed by atoms with Crippen molar-refractivity contribution in [3.05, 3.63) is 0 Å². The average Bonchev–Trinajstić information content (AvgIpc) is 2.62. The predicted molar refractivity (Wildman–Crippen MR) is 59.3 cm³/mol. The van der Waals surface area contributed by atoms with Gasteiger partial charge in [0.25, 0.3) is 5.08 Å². The van der Waals surface area contributed by atoms with E-state index >= 15 is 0 Å². The van der Waals surface area contributed by atoms with Gasteiger partial charge in [0.1, 0.15) is 0 Å². The molecule has 1 aliphatic rings. The first-order chi connectivity index (χ1) is 7.58. The molecular formula is C7H17NO7P2. The number of hydrogen-bond acceptors (Lipinski definition) is 4. The molecule has 1 saturated heterocycles. The van der Waals surface area contributed by atoms with E-state index in [0.717, 1.165) is 12.8 Å². The summed E-state index contributed by atoms with van der Waals surface area (Å²) in [6.07, 6.45) is 1.22. The highest BCUT2D eigenvalue weighted by atomic mass is 31.2. The highest BCUT2D eigenvalue weighted by molar-refractivity contribution is 7.72. The number of nitrogens with zero attached hydrogens (tertiary/aromatic N) is 1. The predicted octanol–water partition coefficient (Wildman–Crippen LogP) is -0.526. The third-order valence-corrected chi connectivity index (χ3v) is 6.77. The molecule has 1 fully saturated rings. The second-order valence-corrected chi connectivity index (χ2v) is 8.17. The van der Waals surface area contributed by atoms with Gasteiger partial charge in [-0.2, -0.15) is 0 Å². The molecule has 0 atom stereocenters. The molecule has 0 aromatic carbocycles. The molecule has 0 aliphatic carbocycles. The molecule has 17 heavy (non-hydrogen) atoms. The van der Waals surface area contributed by atoms with Crippen LogP contribution in [0.25, 0.3) is 0 Å². The summed E-state index contributed by atoms with van der Waals surface area (Å²) in [6.45, 7) is 1.46. The Balaban J connectivity index is 2.78. The van der Waals surface area contributed by atoms with E-state index in [1.165, 1.54) is 0 Å². The topological polar surface area (TPSA) is 139 Å². The van der Waals surface area contributed by atoms with Gasteiger partial charge >= 0.3 is 15.2 Å². The Hall–Kier alpha value is 0.220. The first-order valence-electron chi connectivity index (χ1n) is 5.14. The van der Waals surface area contributed by atoms with Crippen LogP contribution in [0.5, 0.6) is 0 Å². The van der Waals surface area contributed by atoms with Crippen LogP contribution in [-0.2, 0) is 9.13 Å². The van der Waals surface area contributed by atoms with Gasteiger partial charge < -0.3 is 29.6 Å². The largest absolute Gasteiger partial charge is 0.369 e. The summed E-state index contributed by atoms with van der Waals surface area (Å²) < 4.78 is 22.1. The zero-order chi connectivity index (χ0) is 13.3. The number of likely N-dealkylation sites (tertiary alicyclic amines) is 1. The van der Waals surface area contributed by atoms with E-state index in [2.05, 4.69) is 0 Å². The van der Waals surface area contributed by atoms with Crippen molar-refractivity contribution in [2.45, 2.75) is 24.3 Å². The Morgan fingerprint density at radius 1 is 1.00 bits per heavy atom. The summed E-state index contributed by atoms with van der Waals surface area (Å²) >= 11 is 0. The van der Waals surface area contributed by atoms with Crippen LogP contribution >= 0.6 is 15.2 Å². The lowest BCUT2D eigenvalue weighted by Crippen LogP contribution is -2.34. The Bertz CT molecular complexity index is 333. The minimum absolute atomic E-state index is 0.0483. The number of hydrogen-bond donors (Lipinski definition) is 5. The highest BCUT2D eigenvalue weighted by Gasteiger charge is 2.58. The molecule has 0 bridgehead atoms. The van der Waals surface area contributed by atoms with Crippen LogP contribution in [0.2, 0.25) is 0 Å². The Morgan fingerprint density at radius 3 is 1.76 bits per heavy atom. The molecule has 0 aromatic rings. The molecule has 0 radical (unpaired) electrons. The van der Waals surface area contributed by atoms with E-state index in [1.54, 1.807) is 4.90 Å².